The molecule has 6 nitrogen and oxygen atoms in total. The fourth-order valence-corrected chi connectivity index (χ4v) is 3.57. The van der Waals surface area contributed by atoms with Crippen molar-refractivity contribution in [2.75, 3.05) is 13.1 Å². The summed E-state index contributed by atoms with van der Waals surface area (Å²) in [6.07, 6.45) is 1.74. The van der Waals surface area contributed by atoms with Gasteiger partial charge in [-0.1, -0.05) is 6.07 Å². The number of piperidine rings is 1. The molecule has 1 aliphatic heterocycles. The maximum atomic E-state index is 12.3. The van der Waals surface area contributed by atoms with Gasteiger partial charge in [0, 0.05) is 18.2 Å². The van der Waals surface area contributed by atoms with Crippen LogP contribution in [0, 0.1) is 6.92 Å². The summed E-state index contributed by atoms with van der Waals surface area (Å²) in [7, 11) is -3.63. The number of benzene rings is 1. The van der Waals surface area contributed by atoms with E-state index in [9.17, 15) is 13.2 Å². The van der Waals surface area contributed by atoms with Crippen molar-refractivity contribution < 1.29 is 13.2 Å². The first-order valence-corrected chi connectivity index (χ1v) is 8.02. The van der Waals surface area contributed by atoms with E-state index in [1.165, 1.54) is 12.1 Å². The predicted molar refractivity (Wildman–Crippen MR) is 83.2 cm³/mol. The van der Waals surface area contributed by atoms with Gasteiger partial charge in [0.2, 0.25) is 15.9 Å². The maximum Gasteiger partial charge on any atom is 0.249 e. The van der Waals surface area contributed by atoms with Crippen LogP contribution in [0.1, 0.15) is 28.8 Å². The zero-order valence-corrected chi connectivity index (χ0v) is 13.4. The molecule has 0 aromatic heterocycles. The number of carbonyl (C=O) groups is 1. The Labute approximate surface area is 130 Å². The van der Waals surface area contributed by atoms with Crippen LogP contribution >= 0.6 is 12.4 Å². The van der Waals surface area contributed by atoms with Gasteiger partial charge in [-0.2, -0.15) is 0 Å². The molecule has 0 spiro atoms. The molecule has 1 heterocycles. The van der Waals surface area contributed by atoms with Gasteiger partial charge < -0.3 is 11.1 Å². The van der Waals surface area contributed by atoms with E-state index in [1.54, 1.807) is 13.0 Å². The van der Waals surface area contributed by atoms with Gasteiger partial charge >= 0.3 is 0 Å². The highest BCUT2D eigenvalue weighted by Crippen LogP contribution is 2.16. The molecule has 1 fully saturated rings. The van der Waals surface area contributed by atoms with E-state index in [1.807, 2.05) is 0 Å². The van der Waals surface area contributed by atoms with Crippen LogP contribution in [-0.4, -0.2) is 33.5 Å². The molecular formula is C13H20ClN3O3S. The lowest BCUT2D eigenvalue weighted by molar-refractivity contribution is 0.0999. The molecule has 1 saturated heterocycles. The molecule has 8 heteroatoms. The molecule has 4 N–H and O–H groups in total. The molecule has 1 aliphatic rings. The van der Waals surface area contributed by atoms with Crippen molar-refractivity contribution in [1.82, 2.24) is 10.0 Å². The number of nitrogens with one attached hydrogen (secondary N) is 2. The second kappa shape index (κ2) is 7.22. The van der Waals surface area contributed by atoms with Gasteiger partial charge in [-0.15, -0.1) is 12.4 Å². The second-order valence-electron chi connectivity index (χ2n) is 5.01. The van der Waals surface area contributed by atoms with Crippen LogP contribution in [0.2, 0.25) is 0 Å². The SMILES string of the molecule is Cc1ccc(S(=O)(=O)N[C@@H]2CCCNC2)cc1C(N)=O.Cl. The number of halogens is 1. The van der Waals surface area contributed by atoms with Crippen molar-refractivity contribution in [1.29, 1.82) is 0 Å². The van der Waals surface area contributed by atoms with Crippen LogP contribution < -0.4 is 15.8 Å². The number of sulfonamides is 1. The summed E-state index contributed by atoms with van der Waals surface area (Å²) in [5.74, 6) is -0.626. The molecule has 2 rings (SSSR count). The van der Waals surface area contributed by atoms with Crippen molar-refractivity contribution in [3.05, 3.63) is 29.3 Å². The van der Waals surface area contributed by atoms with Crippen molar-refractivity contribution in [2.45, 2.75) is 30.7 Å². The highest BCUT2D eigenvalue weighted by atomic mass is 35.5. The van der Waals surface area contributed by atoms with Gasteiger partial charge in [0.25, 0.3) is 0 Å². The van der Waals surface area contributed by atoms with Gasteiger partial charge in [0.1, 0.15) is 0 Å². The number of aryl methyl sites for hydroxylation is 1. The normalized spacial score (nSPS) is 18.8. The number of nitrogens with two attached hydrogens (primary N) is 1. The quantitative estimate of drug-likeness (QED) is 0.748. The van der Waals surface area contributed by atoms with E-state index in [2.05, 4.69) is 10.0 Å². The fourth-order valence-electron chi connectivity index (χ4n) is 2.27. The summed E-state index contributed by atoms with van der Waals surface area (Å²) < 4.78 is 27.2. The Morgan fingerprint density at radius 2 is 2.14 bits per heavy atom. The van der Waals surface area contributed by atoms with Crippen molar-refractivity contribution in [2.24, 2.45) is 5.73 Å². The lowest BCUT2D eigenvalue weighted by Crippen LogP contribution is -2.45. The summed E-state index contributed by atoms with van der Waals surface area (Å²) in [5, 5.41) is 3.15. The first-order chi connectivity index (χ1) is 9.40. The van der Waals surface area contributed by atoms with Crippen LogP contribution in [0.5, 0.6) is 0 Å². The molecule has 1 aromatic rings. The van der Waals surface area contributed by atoms with Crippen LogP contribution in [0.3, 0.4) is 0 Å². The molecule has 1 aromatic carbocycles. The Balaban J connectivity index is 0.00000220. The Morgan fingerprint density at radius 3 is 2.71 bits per heavy atom. The van der Waals surface area contributed by atoms with E-state index in [4.69, 9.17) is 5.73 Å². The zero-order valence-electron chi connectivity index (χ0n) is 11.8. The molecule has 1 atom stereocenters. The fraction of sp³-hybridized carbons (Fsp3) is 0.462. The van der Waals surface area contributed by atoms with Crippen molar-refractivity contribution >= 4 is 28.3 Å². The highest BCUT2D eigenvalue weighted by molar-refractivity contribution is 7.89. The first kappa shape index (κ1) is 17.9. The first-order valence-electron chi connectivity index (χ1n) is 6.53. The van der Waals surface area contributed by atoms with E-state index < -0.39 is 15.9 Å². The molecule has 0 aliphatic carbocycles. The molecule has 21 heavy (non-hydrogen) atoms. The highest BCUT2D eigenvalue weighted by Gasteiger charge is 2.22. The van der Waals surface area contributed by atoms with Gasteiger partial charge in [-0.05, 0) is 44.0 Å². The number of primary amides is 1. The lowest BCUT2D eigenvalue weighted by Gasteiger charge is -2.23. The summed E-state index contributed by atoms with van der Waals surface area (Å²) in [4.78, 5) is 11.4. The van der Waals surface area contributed by atoms with E-state index in [-0.39, 0.29) is 28.9 Å². The van der Waals surface area contributed by atoms with E-state index in [0.717, 1.165) is 19.4 Å². The smallest absolute Gasteiger partial charge is 0.249 e. The molecule has 0 saturated carbocycles. The van der Waals surface area contributed by atoms with E-state index in [0.29, 0.717) is 12.1 Å². The maximum absolute atomic E-state index is 12.3. The summed E-state index contributed by atoms with van der Waals surface area (Å²) in [6.45, 7) is 3.25. The minimum Gasteiger partial charge on any atom is -0.366 e. The summed E-state index contributed by atoms with van der Waals surface area (Å²) in [6, 6.07) is 4.29. The predicted octanol–water partition coefficient (Wildman–Crippen LogP) is 0.546. The van der Waals surface area contributed by atoms with Gasteiger partial charge in [0.05, 0.1) is 4.90 Å². The lowest BCUT2D eigenvalue weighted by atomic mass is 10.1. The largest absolute Gasteiger partial charge is 0.366 e. The Bertz CT molecular complexity index is 613. The number of hydrogen-bond acceptors (Lipinski definition) is 4. The standard InChI is InChI=1S/C13H19N3O3S.ClH/c1-9-4-5-11(7-12(9)13(14)17)20(18,19)16-10-3-2-6-15-8-10;/h4-5,7,10,15-16H,2-3,6,8H2,1H3,(H2,14,17);1H/t10-;/m1./s1. The molecule has 0 bridgehead atoms. The molecular weight excluding hydrogens is 314 g/mol. The van der Waals surface area contributed by atoms with Crippen LogP contribution in [0.4, 0.5) is 0 Å². The minimum absolute atomic E-state index is 0. The Morgan fingerprint density at radius 1 is 1.43 bits per heavy atom. The van der Waals surface area contributed by atoms with Crippen LogP contribution in [0.25, 0.3) is 0 Å². The number of hydrogen-bond donors (Lipinski definition) is 3. The summed E-state index contributed by atoms with van der Waals surface area (Å²) >= 11 is 0. The third-order valence-corrected chi connectivity index (χ3v) is 4.92. The third kappa shape index (κ3) is 4.41. The number of carbonyl (C=O) groups excluding carboxylic acids is 1. The van der Waals surface area contributed by atoms with Crippen molar-refractivity contribution in [3.8, 4) is 0 Å². The second-order valence-corrected chi connectivity index (χ2v) is 6.72. The third-order valence-electron chi connectivity index (χ3n) is 3.40. The Kier molecular flexibility index (Phi) is 6.15. The van der Waals surface area contributed by atoms with Crippen LogP contribution in [0.15, 0.2) is 23.1 Å². The topological polar surface area (TPSA) is 101 Å². The molecule has 1 amide bonds. The summed E-state index contributed by atoms with van der Waals surface area (Å²) in [5.41, 5.74) is 6.14. The van der Waals surface area contributed by atoms with Gasteiger partial charge in [-0.25, -0.2) is 13.1 Å². The molecule has 0 radical (unpaired) electrons. The molecule has 118 valence electrons. The average Bonchev–Trinajstić information content (AvgIpc) is 2.39. The van der Waals surface area contributed by atoms with E-state index >= 15 is 0 Å². The zero-order chi connectivity index (χ0) is 14.8. The Hall–Kier alpha value is -1.15. The van der Waals surface area contributed by atoms with Gasteiger partial charge in [0.15, 0.2) is 0 Å². The van der Waals surface area contributed by atoms with Crippen LogP contribution in [-0.2, 0) is 10.0 Å². The van der Waals surface area contributed by atoms with Crippen molar-refractivity contribution in [3.63, 3.8) is 0 Å². The minimum atomic E-state index is -3.63. The number of amides is 1. The average molecular weight is 334 g/mol. The van der Waals surface area contributed by atoms with Gasteiger partial charge in [-0.3, -0.25) is 4.79 Å². The monoisotopic (exact) mass is 333 g/mol. The molecule has 0 unspecified atom stereocenters. The number of rotatable bonds is 4.